The number of aryl methyl sites for hydroxylation is 1. The van der Waals surface area contributed by atoms with Crippen LogP contribution in [0.1, 0.15) is 17.3 Å². The van der Waals surface area contributed by atoms with Gasteiger partial charge in [0.2, 0.25) is 0 Å². The zero-order valence-corrected chi connectivity index (χ0v) is 9.46. The quantitative estimate of drug-likeness (QED) is 0.644. The maximum atomic E-state index is 11.8. The molecule has 0 aliphatic rings. The third kappa shape index (κ3) is 2.28. The number of carbonyl (C=O) groups excluding carboxylic acids is 1. The van der Waals surface area contributed by atoms with E-state index in [1.165, 1.54) is 6.20 Å². The van der Waals surface area contributed by atoms with Crippen LogP contribution in [-0.4, -0.2) is 15.7 Å². The number of anilines is 1. The second-order valence-electron chi connectivity index (χ2n) is 3.46. The molecule has 1 heterocycles. The van der Waals surface area contributed by atoms with Crippen LogP contribution in [0.25, 0.3) is 0 Å². The first-order chi connectivity index (χ1) is 8.22. The number of benzene rings is 1. The predicted molar refractivity (Wildman–Crippen MR) is 63.7 cm³/mol. The lowest BCUT2D eigenvalue weighted by atomic mass is 10.3. The highest BCUT2D eigenvalue weighted by Gasteiger charge is 2.16. The number of nitrogen functional groups attached to an aromatic ring is 1. The highest BCUT2D eigenvalue weighted by atomic mass is 16.5. The van der Waals surface area contributed by atoms with Gasteiger partial charge >= 0.3 is 5.97 Å². The molecule has 88 valence electrons. The molecule has 2 N–H and O–H groups in total. The van der Waals surface area contributed by atoms with Gasteiger partial charge in [-0.2, -0.15) is 5.10 Å². The molecule has 5 heteroatoms. The summed E-state index contributed by atoms with van der Waals surface area (Å²) in [7, 11) is 0. The van der Waals surface area contributed by atoms with E-state index in [1.807, 2.05) is 13.0 Å². The second-order valence-corrected chi connectivity index (χ2v) is 3.46. The van der Waals surface area contributed by atoms with Gasteiger partial charge in [0, 0.05) is 6.54 Å². The molecule has 0 unspecified atom stereocenters. The SMILES string of the molecule is CCn1ncc(C(=O)Oc2ccccc2)c1N. The molecule has 0 saturated heterocycles. The Morgan fingerprint density at radius 3 is 2.71 bits per heavy atom. The van der Waals surface area contributed by atoms with E-state index in [9.17, 15) is 4.79 Å². The standard InChI is InChI=1S/C12H13N3O2/c1-2-15-11(13)10(8-14-15)12(16)17-9-6-4-3-5-7-9/h3-8H,2,13H2,1H3. The fourth-order valence-electron chi connectivity index (χ4n) is 1.45. The van der Waals surface area contributed by atoms with E-state index >= 15 is 0 Å². The van der Waals surface area contributed by atoms with Crippen molar-refractivity contribution in [2.45, 2.75) is 13.5 Å². The number of nitrogens with two attached hydrogens (primary N) is 1. The molecule has 0 bridgehead atoms. The number of nitrogens with zero attached hydrogens (tertiary/aromatic N) is 2. The van der Waals surface area contributed by atoms with Crippen LogP contribution < -0.4 is 10.5 Å². The van der Waals surface area contributed by atoms with E-state index in [1.54, 1.807) is 28.9 Å². The lowest BCUT2D eigenvalue weighted by molar-refractivity contribution is 0.0736. The van der Waals surface area contributed by atoms with E-state index in [-0.39, 0.29) is 5.56 Å². The third-order valence-corrected chi connectivity index (χ3v) is 2.35. The van der Waals surface area contributed by atoms with Gasteiger partial charge in [0.05, 0.1) is 6.20 Å². The fraction of sp³-hybridized carbons (Fsp3) is 0.167. The van der Waals surface area contributed by atoms with E-state index < -0.39 is 5.97 Å². The van der Waals surface area contributed by atoms with Gasteiger partial charge in [-0.3, -0.25) is 0 Å². The minimum atomic E-state index is -0.492. The Labute approximate surface area is 98.8 Å². The number of rotatable bonds is 3. The van der Waals surface area contributed by atoms with Crippen molar-refractivity contribution in [1.29, 1.82) is 0 Å². The molecule has 0 aliphatic carbocycles. The van der Waals surface area contributed by atoms with Crippen LogP contribution in [0.2, 0.25) is 0 Å². The van der Waals surface area contributed by atoms with E-state index in [0.29, 0.717) is 18.1 Å². The Hall–Kier alpha value is -2.30. The lowest BCUT2D eigenvalue weighted by Gasteiger charge is -2.03. The molecule has 2 aromatic rings. The van der Waals surface area contributed by atoms with Gasteiger partial charge in [-0.15, -0.1) is 0 Å². The van der Waals surface area contributed by atoms with Crippen LogP contribution in [0.4, 0.5) is 5.82 Å². The summed E-state index contributed by atoms with van der Waals surface area (Å²) in [4.78, 5) is 11.8. The maximum absolute atomic E-state index is 11.8. The average Bonchev–Trinajstić information content (AvgIpc) is 2.71. The number of para-hydroxylation sites is 1. The number of aromatic nitrogens is 2. The van der Waals surface area contributed by atoms with Gasteiger partial charge in [0.15, 0.2) is 0 Å². The smallest absolute Gasteiger partial charge is 0.348 e. The van der Waals surface area contributed by atoms with E-state index in [2.05, 4.69) is 5.10 Å². The number of hydrogen-bond donors (Lipinski definition) is 1. The number of hydrogen-bond acceptors (Lipinski definition) is 4. The summed E-state index contributed by atoms with van der Waals surface area (Å²) >= 11 is 0. The molecule has 0 aliphatic heterocycles. The Morgan fingerprint density at radius 1 is 1.41 bits per heavy atom. The van der Waals surface area contributed by atoms with Gasteiger partial charge in [-0.25, -0.2) is 9.48 Å². The zero-order chi connectivity index (χ0) is 12.3. The maximum Gasteiger partial charge on any atom is 0.348 e. The highest BCUT2D eigenvalue weighted by molar-refractivity contribution is 5.95. The molecule has 0 atom stereocenters. The topological polar surface area (TPSA) is 70.1 Å². The Balaban J connectivity index is 2.18. The van der Waals surface area contributed by atoms with Crippen molar-refractivity contribution in [2.75, 3.05) is 5.73 Å². The molecule has 5 nitrogen and oxygen atoms in total. The molecule has 0 amide bonds. The highest BCUT2D eigenvalue weighted by Crippen LogP contribution is 2.15. The summed E-state index contributed by atoms with van der Waals surface area (Å²) in [5, 5.41) is 3.99. The summed E-state index contributed by atoms with van der Waals surface area (Å²) in [5.74, 6) is 0.322. The van der Waals surface area contributed by atoms with Gasteiger partial charge < -0.3 is 10.5 Å². The van der Waals surface area contributed by atoms with Gasteiger partial charge in [-0.1, -0.05) is 18.2 Å². The first-order valence-electron chi connectivity index (χ1n) is 5.31. The lowest BCUT2D eigenvalue weighted by Crippen LogP contribution is -2.11. The van der Waals surface area contributed by atoms with Gasteiger partial charge in [0.1, 0.15) is 17.1 Å². The molecular formula is C12H13N3O2. The van der Waals surface area contributed by atoms with Crippen molar-refractivity contribution in [1.82, 2.24) is 9.78 Å². The third-order valence-electron chi connectivity index (χ3n) is 2.35. The minimum absolute atomic E-state index is 0.288. The van der Waals surface area contributed by atoms with Crippen LogP contribution in [0.5, 0.6) is 5.75 Å². The van der Waals surface area contributed by atoms with Gasteiger partial charge in [-0.05, 0) is 19.1 Å². The molecule has 0 fully saturated rings. The van der Waals surface area contributed by atoms with Crippen molar-refractivity contribution in [2.24, 2.45) is 0 Å². The minimum Gasteiger partial charge on any atom is -0.423 e. The molecule has 0 radical (unpaired) electrons. The summed E-state index contributed by atoms with van der Waals surface area (Å²) < 4.78 is 6.71. The molecule has 17 heavy (non-hydrogen) atoms. The first kappa shape index (κ1) is 11.2. The Morgan fingerprint density at radius 2 is 2.12 bits per heavy atom. The number of carbonyl (C=O) groups is 1. The van der Waals surface area contributed by atoms with Crippen molar-refractivity contribution in [3.8, 4) is 5.75 Å². The van der Waals surface area contributed by atoms with Crippen LogP contribution in [0.3, 0.4) is 0 Å². The van der Waals surface area contributed by atoms with Crippen molar-refractivity contribution in [3.63, 3.8) is 0 Å². The summed E-state index contributed by atoms with van der Waals surface area (Å²) in [6.45, 7) is 2.51. The van der Waals surface area contributed by atoms with Crippen molar-refractivity contribution in [3.05, 3.63) is 42.1 Å². The fourth-order valence-corrected chi connectivity index (χ4v) is 1.45. The molecule has 0 saturated carbocycles. The Kier molecular flexibility index (Phi) is 3.09. The summed E-state index contributed by atoms with van der Waals surface area (Å²) in [6, 6.07) is 8.85. The van der Waals surface area contributed by atoms with Crippen LogP contribution in [0.15, 0.2) is 36.5 Å². The monoisotopic (exact) mass is 231 g/mol. The van der Waals surface area contributed by atoms with Crippen molar-refractivity contribution < 1.29 is 9.53 Å². The average molecular weight is 231 g/mol. The number of ether oxygens (including phenoxy) is 1. The second kappa shape index (κ2) is 4.69. The van der Waals surface area contributed by atoms with Gasteiger partial charge in [0.25, 0.3) is 0 Å². The van der Waals surface area contributed by atoms with E-state index in [0.717, 1.165) is 0 Å². The Bertz CT molecular complexity index is 520. The summed E-state index contributed by atoms with van der Waals surface area (Å²) in [5.41, 5.74) is 6.06. The van der Waals surface area contributed by atoms with Crippen LogP contribution >= 0.6 is 0 Å². The van der Waals surface area contributed by atoms with E-state index in [4.69, 9.17) is 10.5 Å². The number of esters is 1. The molecule has 1 aromatic carbocycles. The largest absolute Gasteiger partial charge is 0.423 e. The zero-order valence-electron chi connectivity index (χ0n) is 9.46. The first-order valence-corrected chi connectivity index (χ1v) is 5.31. The molecule has 0 spiro atoms. The summed E-state index contributed by atoms with van der Waals surface area (Å²) in [6.07, 6.45) is 1.42. The normalized spacial score (nSPS) is 10.2. The van der Waals surface area contributed by atoms with Crippen LogP contribution in [0, 0.1) is 0 Å². The molecule has 1 aromatic heterocycles. The molecule has 2 rings (SSSR count). The van der Waals surface area contributed by atoms with Crippen molar-refractivity contribution >= 4 is 11.8 Å². The predicted octanol–water partition coefficient (Wildman–Crippen LogP) is 1.70. The van der Waals surface area contributed by atoms with Crippen LogP contribution in [-0.2, 0) is 6.54 Å². The molecular weight excluding hydrogens is 218 g/mol.